The van der Waals surface area contributed by atoms with Gasteiger partial charge in [0.25, 0.3) is 0 Å². The Hall–Kier alpha value is -4.87. The quantitative estimate of drug-likeness (QED) is 0.130. The maximum absolute atomic E-state index is 6.45. The van der Waals surface area contributed by atoms with Crippen LogP contribution in [0, 0.1) is 12.1 Å². The van der Waals surface area contributed by atoms with Gasteiger partial charge >= 0.3 is 28.1 Å². The van der Waals surface area contributed by atoms with Crippen LogP contribution in [0.15, 0.2) is 122 Å². The second-order valence-corrected chi connectivity index (χ2v) is 12.2. The smallest absolute Gasteiger partial charge is 0.535 e. The fourth-order valence-corrected chi connectivity index (χ4v) is 5.95. The van der Waals surface area contributed by atoms with Crippen LogP contribution in [-0.2, 0) is 26.5 Å². The van der Waals surface area contributed by atoms with Crippen LogP contribution in [0.3, 0.4) is 0 Å². The zero-order chi connectivity index (χ0) is 30.5. The fourth-order valence-electron chi connectivity index (χ4n) is 5.95. The van der Waals surface area contributed by atoms with Gasteiger partial charge in [0.15, 0.2) is 5.82 Å². The van der Waals surface area contributed by atoms with Crippen molar-refractivity contribution in [2.45, 2.75) is 26.2 Å². The molecule has 46 heavy (non-hydrogen) atoms. The topological polar surface area (TPSA) is 52.4 Å². The van der Waals surface area contributed by atoms with Gasteiger partial charge < -0.3 is 18.8 Å². The molecule has 0 aliphatic carbocycles. The molecule has 0 amide bonds. The van der Waals surface area contributed by atoms with Gasteiger partial charge in [0.1, 0.15) is 11.6 Å². The first-order valence-electron chi connectivity index (χ1n) is 15.0. The number of ether oxygens (including phenoxy) is 1. The second-order valence-electron chi connectivity index (χ2n) is 12.2. The van der Waals surface area contributed by atoms with E-state index in [9.17, 15) is 0 Å². The van der Waals surface area contributed by atoms with E-state index in [0.717, 1.165) is 50.3 Å². The third-order valence-electron chi connectivity index (χ3n) is 8.17. The zero-order valence-electron chi connectivity index (χ0n) is 25.5. The van der Waals surface area contributed by atoms with Gasteiger partial charge in [-0.3, -0.25) is 0 Å². The first kappa shape index (κ1) is 29.8. The maximum Gasteiger partial charge on any atom is 2.00 e. The predicted octanol–water partition coefficient (Wildman–Crippen LogP) is 8.19. The van der Waals surface area contributed by atoms with E-state index < -0.39 is 0 Å². The Labute approximate surface area is 283 Å². The minimum atomic E-state index is -0.377. The van der Waals surface area contributed by atoms with Crippen molar-refractivity contribution in [2.75, 3.05) is 4.81 Å². The second kappa shape index (κ2) is 11.8. The molecule has 8 rings (SSSR count). The van der Waals surface area contributed by atoms with Gasteiger partial charge in [0.2, 0.25) is 0 Å². The summed E-state index contributed by atoms with van der Waals surface area (Å²) in [5.41, 5.74) is 4.99. The molecule has 3 aromatic heterocycles. The molecule has 7 aromatic rings. The fraction of sp³-hybridized carbons (Fsp3) is 0.105. The van der Waals surface area contributed by atoms with Gasteiger partial charge in [-0.1, -0.05) is 80.5 Å². The molecule has 4 aromatic carbocycles. The van der Waals surface area contributed by atoms with Gasteiger partial charge in [0, 0.05) is 29.4 Å². The number of rotatable bonds is 5. The number of pyridine rings is 2. The number of fused-ring (bicyclic) bond motifs is 4. The normalized spacial score (nSPS) is 12.6. The summed E-state index contributed by atoms with van der Waals surface area (Å²) >= 11 is 0. The van der Waals surface area contributed by atoms with Crippen LogP contribution in [0.1, 0.15) is 26.3 Å². The van der Waals surface area contributed by atoms with Crippen LogP contribution >= 0.6 is 0 Å². The molecule has 0 bridgehead atoms. The first-order chi connectivity index (χ1) is 21.9. The number of benzene rings is 4. The Morgan fingerprint density at radius 1 is 0.739 bits per heavy atom. The molecule has 0 unspecified atom stereocenters. The van der Waals surface area contributed by atoms with Crippen molar-refractivity contribution in [3.05, 3.63) is 139 Å². The number of hydrogen-bond acceptors (Lipinski definition) is 5. The van der Waals surface area contributed by atoms with E-state index in [0.29, 0.717) is 11.5 Å². The van der Waals surface area contributed by atoms with E-state index in [1.54, 1.807) is 6.20 Å². The third-order valence-corrected chi connectivity index (χ3v) is 8.17. The molecule has 0 saturated carbocycles. The minimum Gasteiger partial charge on any atom is -0.535 e. The van der Waals surface area contributed by atoms with Crippen molar-refractivity contribution in [3.8, 4) is 23.1 Å². The Kier molecular flexibility index (Phi) is 7.66. The van der Waals surface area contributed by atoms with Crippen LogP contribution in [0.5, 0.6) is 17.2 Å². The number of hydrogen-bond donors (Lipinski definition) is 0. The van der Waals surface area contributed by atoms with Crippen molar-refractivity contribution >= 4 is 45.8 Å². The average molecular weight is 780 g/mol. The van der Waals surface area contributed by atoms with E-state index in [4.69, 9.17) is 14.4 Å². The summed E-state index contributed by atoms with van der Waals surface area (Å²) in [6, 6.07) is 43.5. The Morgan fingerprint density at radius 2 is 1.54 bits per heavy atom. The summed E-state index contributed by atoms with van der Waals surface area (Å²) in [5, 5.41) is 2.22. The first-order valence-corrected chi connectivity index (χ1v) is 15.0. The van der Waals surface area contributed by atoms with E-state index in [1.807, 2.05) is 60.8 Å². The molecule has 4 heterocycles. The van der Waals surface area contributed by atoms with Crippen LogP contribution in [-0.4, -0.2) is 21.6 Å². The Bertz CT molecular complexity index is 2200. The van der Waals surface area contributed by atoms with Gasteiger partial charge in [-0.2, -0.15) is 12.1 Å². The molecule has 8 heteroatoms. The van der Waals surface area contributed by atoms with Crippen LogP contribution < -0.4 is 19.7 Å². The third kappa shape index (κ3) is 5.25. The molecule has 0 fully saturated rings. The Morgan fingerprint density at radius 3 is 2.39 bits per heavy atom. The van der Waals surface area contributed by atoms with Gasteiger partial charge in [0.05, 0.1) is 0 Å². The summed E-state index contributed by atoms with van der Waals surface area (Å²) in [7, 11) is -0.377. The molecule has 0 atom stereocenters. The molecule has 6 nitrogen and oxygen atoms in total. The summed E-state index contributed by atoms with van der Waals surface area (Å²) in [5.74, 6) is 3.46. The molecule has 1 aliphatic heterocycles. The van der Waals surface area contributed by atoms with Gasteiger partial charge in [-0.25, -0.2) is 9.97 Å². The number of anilines is 2. The minimum absolute atomic E-state index is 0. The Balaban J connectivity index is 0.00000338. The van der Waals surface area contributed by atoms with E-state index in [1.165, 1.54) is 5.56 Å². The van der Waals surface area contributed by atoms with Crippen molar-refractivity contribution in [1.82, 2.24) is 14.5 Å². The maximum atomic E-state index is 6.45. The molecule has 226 valence electrons. The number of nitrogens with zero attached hydrogens (tertiary/aromatic N) is 4. The number of para-hydroxylation sites is 1. The monoisotopic (exact) mass is 779 g/mol. The molecule has 0 spiro atoms. The van der Waals surface area contributed by atoms with Crippen molar-refractivity contribution in [1.29, 1.82) is 0 Å². The van der Waals surface area contributed by atoms with Crippen molar-refractivity contribution in [2.24, 2.45) is 0 Å². The van der Waals surface area contributed by atoms with Crippen molar-refractivity contribution < 1.29 is 30.5 Å². The van der Waals surface area contributed by atoms with Crippen molar-refractivity contribution in [3.63, 3.8) is 0 Å². The summed E-state index contributed by atoms with van der Waals surface area (Å²) < 4.78 is 15.0. The SMILES string of the molecule is CC(C)(C)c1ccnc(-n2c3[c-]c(Oc4[c-]c(N5B(c6ccccc6)Oc6cccnc65)ccc4)ccc3c3ccccc32)c1.[Pt+2]. The summed E-state index contributed by atoms with van der Waals surface area (Å²) in [4.78, 5) is 11.5. The van der Waals surface area contributed by atoms with E-state index >= 15 is 0 Å². The van der Waals surface area contributed by atoms with Gasteiger partial charge in [-0.05, 0) is 52.2 Å². The predicted molar refractivity (Wildman–Crippen MR) is 180 cm³/mol. The summed E-state index contributed by atoms with van der Waals surface area (Å²) in [6.07, 6.45) is 3.66. The standard InChI is InChI=1S/C38H29BN4O2.Pt/c1-38(2,3)26-20-22-40-36(23-26)42-33-16-8-7-15-31(33)32-19-18-30(25-34(32)42)44-29-14-9-13-28(24-29)43-37-35(17-10-21-41-37)45-39(43)27-11-5-4-6-12-27;/h4-23H,1-3H3;/q-2;+2. The molecular weight excluding hydrogens is 750 g/mol. The van der Waals surface area contributed by atoms with Crippen LogP contribution in [0.25, 0.3) is 27.6 Å². The van der Waals surface area contributed by atoms with Gasteiger partial charge in [-0.15, -0.1) is 35.7 Å². The molecule has 0 radical (unpaired) electrons. The molecule has 0 N–H and O–H groups in total. The molecule has 1 aliphatic rings. The van der Waals surface area contributed by atoms with Crippen LogP contribution in [0.2, 0.25) is 0 Å². The average Bonchev–Trinajstić information content (AvgIpc) is 3.61. The van der Waals surface area contributed by atoms with E-state index in [2.05, 4.69) is 102 Å². The largest absolute Gasteiger partial charge is 2.00 e. The molecule has 0 saturated heterocycles. The summed E-state index contributed by atoms with van der Waals surface area (Å²) in [6.45, 7) is 6.64. The van der Waals surface area contributed by atoms with Crippen LogP contribution in [0.4, 0.5) is 11.5 Å². The zero-order valence-corrected chi connectivity index (χ0v) is 27.8. The molecular formula is C38H29BN4O2Pt. The number of aromatic nitrogens is 3. The van der Waals surface area contributed by atoms with E-state index in [-0.39, 0.29) is 33.5 Å².